The van der Waals surface area contributed by atoms with Gasteiger partial charge in [0.15, 0.2) is 0 Å². The third kappa shape index (κ3) is 2.02. The summed E-state index contributed by atoms with van der Waals surface area (Å²) in [6.45, 7) is 0. The van der Waals surface area contributed by atoms with E-state index in [0.717, 1.165) is 17.9 Å². The number of hydrogen-bond acceptors (Lipinski definition) is 0. The molecule has 0 heterocycles. The normalized spacial score (nSPS) is 15.6. The van der Waals surface area contributed by atoms with E-state index in [1.165, 1.54) is 11.1 Å². The molecule has 66 valence electrons. The molecule has 0 nitrogen and oxygen atoms in total. The first kappa shape index (κ1) is 8.58. The molecule has 1 heteroatoms. The SMILES string of the molecule is Clc1ccc(C2=CCC=CC2)cc1. The van der Waals surface area contributed by atoms with Gasteiger partial charge in [0.25, 0.3) is 0 Å². The number of rotatable bonds is 1. The van der Waals surface area contributed by atoms with Crippen LogP contribution in [0.1, 0.15) is 18.4 Å². The maximum absolute atomic E-state index is 5.82. The first-order valence-electron chi connectivity index (χ1n) is 4.46. The Morgan fingerprint density at radius 2 is 1.77 bits per heavy atom. The molecule has 0 aromatic heterocycles. The lowest BCUT2D eigenvalue weighted by atomic mass is 9.98. The van der Waals surface area contributed by atoms with Gasteiger partial charge in [-0.05, 0) is 36.1 Å². The molecule has 13 heavy (non-hydrogen) atoms. The van der Waals surface area contributed by atoms with Crippen LogP contribution in [0.25, 0.3) is 5.57 Å². The summed E-state index contributed by atoms with van der Waals surface area (Å²) in [5, 5.41) is 0.802. The van der Waals surface area contributed by atoms with Crippen LogP contribution in [0, 0.1) is 0 Å². The van der Waals surface area contributed by atoms with Crippen LogP contribution < -0.4 is 0 Å². The van der Waals surface area contributed by atoms with E-state index in [2.05, 4.69) is 30.4 Å². The quantitative estimate of drug-likeness (QED) is 0.586. The van der Waals surface area contributed by atoms with Gasteiger partial charge in [-0.2, -0.15) is 0 Å². The number of allylic oxidation sites excluding steroid dienone is 4. The smallest absolute Gasteiger partial charge is 0.0406 e. The van der Waals surface area contributed by atoms with E-state index >= 15 is 0 Å². The lowest BCUT2D eigenvalue weighted by molar-refractivity contribution is 1.24. The highest BCUT2D eigenvalue weighted by Crippen LogP contribution is 2.23. The second kappa shape index (κ2) is 3.80. The zero-order valence-electron chi connectivity index (χ0n) is 7.33. The van der Waals surface area contributed by atoms with Gasteiger partial charge >= 0.3 is 0 Å². The molecular weight excluding hydrogens is 180 g/mol. The largest absolute Gasteiger partial charge is 0.0844 e. The minimum atomic E-state index is 0.802. The lowest BCUT2D eigenvalue weighted by Crippen LogP contribution is -1.86. The van der Waals surface area contributed by atoms with Crippen LogP contribution in [0.5, 0.6) is 0 Å². The lowest BCUT2D eigenvalue weighted by Gasteiger charge is -2.08. The summed E-state index contributed by atoms with van der Waals surface area (Å²) < 4.78 is 0. The fourth-order valence-corrected chi connectivity index (χ4v) is 1.63. The van der Waals surface area contributed by atoms with Gasteiger partial charge in [-0.15, -0.1) is 0 Å². The fourth-order valence-electron chi connectivity index (χ4n) is 1.50. The summed E-state index contributed by atoms with van der Waals surface area (Å²) in [6.07, 6.45) is 8.77. The highest BCUT2D eigenvalue weighted by atomic mass is 35.5. The van der Waals surface area contributed by atoms with Crippen molar-refractivity contribution in [1.82, 2.24) is 0 Å². The summed E-state index contributed by atoms with van der Waals surface area (Å²) in [5.41, 5.74) is 2.69. The number of halogens is 1. The van der Waals surface area contributed by atoms with E-state index in [4.69, 9.17) is 11.6 Å². The monoisotopic (exact) mass is 190 g/mol. The van der Waals surface area contributed by atoms with Gasteiger partial charge in [0.2, 0.25) is 0 Å². The van der Waals surface area contributed by atoms with Crippen LogP contribution >= 0.6 is 11.6 Å². The highest BCUT2D eigenvalue weighted by molar-refractivity contribution is 6.30. The molecular formula is C12H11Cl. The average molecular weight is 191 g/mol. The van der Waals surface area contributed by atoms with Crippen molar-refractivity contribution in [2.45, 2.75) is 12.8 Å². The third-order valence-corrected chi connectivity index (χ3v) is 2.47. The summed E-state index contributed by atoms with van der Waals surface area (Å²) in [4.78, 5) is 0. The van der Waals surface area contributed by atoms with Crippen molar-refractivity contribution in [3.63, 3.8) is 0 Å². The average Bonchev–Trinajstić information content (AvgIpc) is 2.20. The van der Waals surface area contributed by atoms with E-state index in [-0.39, 0.29) is 0 Å². The molecule has 0 aliphatic heterocycles. The van der Waals surface area contributed by atoms with Gasteiger partial charge in [-0.25, -0.2) is 0 Å². The Labute approximate surface area is 83.5 Å². The molecule has 0 saturated carbocycles. The molecule has 0 atom stereocenters. The molecule has 0 spiro atoms. The van der Waals surface area contributed by atoms with E-state index in [0.29, 0.717) is 0 Å². The van der Waals surface area contributed by atoms with Crippen LogP contribution in [0.2, 0.25) is 5.02 Å². The maximum atomic E-state index is 5.82. The van der Waals surface area contributed by atoms with Gasteiger partial charge in [-0.1, -0.05) is 42.0 Å². The van der Waals surface area contributed by atoms with Crippen molar-refractivity contribution in [2.24, 2.45) is 0 Å². The van der Waals surface area contributed by atoms with E-state index in [1.807, 2.05) is 12.1 Å². The molecule has 0 N–H and O–H groups in total. The fraction of sp³-hybridized carbons (Fsp3) is 0.167. The molecule has 1 aliphatic rings. The van der Waals surface area contributed by atoms with Crippen molar-refractivity contribution in [2.75, 3.05) is 0 Å². The van der Waals surface area contributed by atoms with Crippen LogP contribution in [-0.2, 0) is 0 Å². The first-order valence-corrected chi connectivity index (χ1v) is 4.84. The molecule has 0 saturated heterocycles. The Bertz CT molecular complexity index is 344. The van der Waals surface area contributed by atoms with Crippen molar-refractivity contribution >= 4 is 17.2 Å². The van der Waals surface area contributed by atoms with Gasteiger partial charge in [0, 0.05) is 5.02 Å². The highest BCUT2D eigenvalue weighted by Gasteiger charge is 2.01. The van der Waals surface area contributed by atoms with Crippen molar-refractivity contribution in [1.29, 1.82) is 0 Å². The number of hydrogen-bond donors (Lipinski definition) is 0. The Morgan fingerprint density at radius 3 is 2.38 bits per heavy atom. The molecule has 0 bridgehead atoms. The summed E-state index contributed by atoms with van der Waals surface area (Å²) >= 11 is 5.82. The molecule has 0 amide bonds. The molecule has 1 aromatic carbocycles. The summed E-state index contributed by atoms with van der Waals surface area (Å²) in [6, 6.07) is 8.03. The van der Waals surface area contributed by atoms with Crippen molar-refractivity contribution in [3.8, 4) is 0 Å². The predicted molar refractivity (Wildman–Crippen MR) is 57.8 cm³/mol. The van der Waals surface area contributed by atoms with Gasteiger partial charge in [-0.3, -0.25) is 0 Å². The van der Waals surface area contributed by atoms with E-state index in [9.17, 15) is 0 Å². The topological polar surface area (TPSA) is 0 Å². The van der Waals surface area contributed by atoms with Gasteiger partial charge in [0.1, 0.15) is 0 Å². The zero-order valence-corrected chi connectivity index (χ0v) is 8.09. The maximum Gasteiger partial charge on any atom is 0.0406 e. The van der Waals surface area contributed by atoms with Gasteiger partial charge in [0.05, 0.1) is 0 Å². The predicted octanol–water partition coefficient (Wildman–Crippen LogP) is 4.07. The second-order valence-corrected chi connectivity index (χ2v) is 3.58. The first-order chi connectivity index (χ1) is 6.36. The Hall–Kier alpha value is -1.01. The molecule has 1 aromatic rings. The van der Waals surface area contributed by atoms with E-state index in [1.54, 1.807) is 0 Å². The Morgan fingerprint density at radius 1 is 1.00 bits per heavy atom. The van der Waals surface area contributed by atoms with Crippen LogP contribution in [0.4, 0.5) is 0 Å². The summed E-state index contributed by atoms with van der Waals surface area (Å²) in [5.74, 6) is 0. The van der Waals surface area contributed by atoms with Crippen LogP contribution in [0.15, 0.2) is 42.5 Å². The standard InChI is InChI=1S/C12H11Cl/c13-12-8-6-11(7-9-12)10-4-2-1-3-5-10/h1-2,5-9H,3-4H2. The van der Waals surface area contributed by atoms with Crippen LogP contribution in [0.3, 0.4) is 0 Å². The van der Waals surface area contributed by atoms with Crippen molar-refractivity contribution in [3.05, 3.63) is 53.1 Å². The molecule has 0 radical (unpaired) electrons. The van der Waals surface area contributed by atoms with Crippen molar-refractivity contribution < 1.29 is 0 Å². The minimum absolute atomic E-state index is 0.802. The molecule has 1 aliphatic carbocycles. The Kier molecular flexibility index (Phi) is 2.51. The Balaban J connectivity index is 2.25. The van der Waals surface area contributed by atoms with Crippen LogP contribution in [-0.4, -0.2) is 0 Å². The zero-order chi connectivity index (χ0) is 9.10. The van der Waals surface area contributed by atoms with E-state index < -0.39 is 0 Å². The van der Waals surface area contributed by atoms with Gasteiger partial charge < -0.3 is 0 Å². The number of benzene rings is 1. The third-order valence-electron chi connectivity index (χ3n) is 2.22. The molecule has 0 fully saturated rings. The second-order valence-electron chi connectivity index (χ2n) is 3.15. The minimum Gasteiger partial charge on any atom is -0.0844 e. The summed E-state index contributed by atoms with van der Waals surface area (Å²) in [7, 11) is 0. The molecule has 2 rings (SSSR count). The molecule has 0 unspecified atom stereocenters.